The normalized spacial score (nSPS) is 11.0. The van der Waals surface area contributed by atoms with Gasteiger partial charge in [-0.25, -0.2) is 4.98 Å². The minimum Gasteiger partial charge on any atom is -0.497 e. The smallest absolute Gasteiger partial charge is 0.224 e. The molecule has 0 aliphatic rings. The summed E-state index contributed by atoms with van der Waals surface area (Å²) in [6, 6.07) is 19.5. The van der Waals surface area contributed by atoms with E-state index in [4.69, 9.17) is 26.1 Å². The fourth-order valence-corrected chi connectivity index (χ4v) is 4.22. The Labute approximate surface area is 210 Å². The summed E-state index contributed by atoms with van der Waals surface area (Å²) in [6.07, 6.45) is 0.955. The van der Waals surface area contributed by atoms with Gasteiger partial charge >= 0.3 is 0 Å². The van der Waals surface area contributed by atoms with E-state index in [1.165, 1.54) is 0 Å². The minimum atomic E-state index is -0.0189. The van der Waals surface area contributed by atoms with E-state index in [-0.39, 0.29) is 5.91 Å². The first-order valence-corrected chi connectivity index (χ1v) is 12.1. The van der Waals surface area contributed by atoms with E-state index in [2.05, 4.69) is 16.0 Å². The molecule has 6 nitrogen and oxygen atoms in total. The third-order valence-electron chi connectivity index (χ3n) is 5.92. The number of fused-ring (bicyclic) bond motifs is 1. The van der Waals surface area contributed by atoms with Gasteiger partial charge in [0.25, 0.3) is 0 Å². The van der Waals surface area contributed by atoms with Crippen LogP contribution in [0.5, 0.6) is 11.5 Å². The lowest BCUT2D eigenvalue weighted by atomic mass is 10.1. The highest BCUT2D eigenvalue weighted by molar-refractivity contribution is 6.32. The molecule has 0 aliphatic heterocycles. The van der Waals surface area contributed by atoms with Gasteiger partial charge in [0.05, 0.1) is 31.1 Å². The molecule has 4 aromatic rings. The van der Waals surface area contributed by atoms with Crippen molar-refractivity contribution in [2.75, 3.05) is 20.3 Å². The number of para-hydroxylation sites is 2. The number of imidazole rings is 1. The Bertz CT molecular complexity index is 1290. The molecule has 1 aromatic heterocycles. The fraction of sp³-hybridized carbons (Fsp3) is 0.286. The number of hydrogen-bond acceptors (Lipinski definition) is 4. The van der Waals surface area contributed by atoms with E-state index >= 15 is 0 Å². The number of amides is 1. The molecule has 1 N–H and O–H groups in total. The van der Waals surface area contributed by atoms with E-state index in [9.17, 15) is 4.79 Å². The van der Waals surface area contributed by atoms with Gasteiger partial charge in [-0.05, 0) is 66.9 Å². The van der Waals surface area contributed by atoms with Gasteiger partial charge in [0.1, 0.15) is 23.9 Å². The largest absolute Gasteiger partial charge is 0.497 e. The van der Waals surface area contributed by atoms with Gasteiger partial charge in [0.15, 0.2) is 0 Å². The summed E-state index contributed by atoms with van der Waals surface area (Å²) in [7, 11) is 1.63. The van der Waals surface area contributed by atoms with Crippen LogP contribution < -0.4 is 14.8 Å². The lowest BCUT2D eigenvalue weighted by molar-refractivity contribution is -0.120. The Balaban J connectivity index is 1.37. The minimum absolute atomic E-state index is 0.0189. The van der Waals surface area contributed by atoms with Gasteiger partial charge in [-0.2, -0.15) is 0 Å². The third-order valence-corrected chi connectivity index (χ3v) is 6.52. The number of ether oxygens (including phenoxy) is 2. The second-order valence-electron chi connectivity index (χ2n) is 8.51. The van der Waals surface area contributed by atoms with Crippen molar-refractivity contribution in [2.24, 2.45) is 0 Å². The van der Waals surface area contributed by atoms with Crippen LogP contribution in [-0.4, -0.2) is 35.7 Å². The topological polar surface area (TPSA) is 65.4 Å². The summed E-state index contributed by atoms with van der Waals surface area (Å²) in [6.45, 7) is 5.61. The summed E-state index contributed by atoms with van der Waals surface area (Å²) in [5.74, 6) is 2.48. The maximum Gasteiger partial charge on any atom is 0.224 e. The van der Waals surface area contributed by atoms with Crippen LogP contribution in [0.1, 0.15) is 22.5 Å². The van der Waals surface area contributed by atoms with Gasteiger partial charge in [-0.15, -0.1) is 0 Å². The summed E-state index contributed by atoms with van der Waals surface area (Å²) in [5.41, 5.74) is 4.94. The fourth-order valence-electron chi connectivity index (χ4n) is 4.12. The molecule has 3 aromatic carbocycles. The van der Waals surface area contributed by atoms with Gasteiger partial charge in [-0.1, -0.05) is 35.9 Å². The zero-order valence-corrected chi connectivity index (χ0v) is 21.1. The maximum absolute atomic E-state index is 12.4. The molecule has 35 heavy (non-hydrogen) atoms. The van der Waals surface area contributed by atoms with Crippen molar-refractivity contribution in [3.05, 3.63) is 88.2 Å². The molecule has 0 radical (unpaired) electrons. The van der Waals surface area contributed by atoms with Gasteiger partial charge in [-0.3, -0.25) is 4.79 Å². The number of methoxy groups -OCH3 is 1. The van der Waals surface area contributed by atoms with Crippen molar-refractivity contribution in [1.29, 1.82) is 0 Å². The van der Waals surface area contributed by atoms with E-state index in [1.807, 2.05) is 68.4 Å². The van der Waals surface area contributed by atoms with Crippen LogP contribution in [0.3, 0.4) is 0 Å². The van der Waals surface area contributed by atoms with Crippen molar-refractivity contribution in [1.82, 2.24) is 14.9 Å². The Morgan fingerprint density at radius 2 is 1.74 bits per heavy atom. The molecule has 1 amide bonds. The van der Waals surface area contributed by atoms with Crippen LogP contribution in [-0.2, 0) is 24.2 Å². The average Bonchev–Trinajstić information content (AvgIpc) is 3.20. The average molecular weight is 492 g/mol. The highest BCUT2D eigenvalue weighted by Gasteiger charge is 2.12. The molecule has 0 unspecified atom stereocenters. The molecule has 0 fully saturated rings. The molecule has 0 bridgehead atoms. The first kappa shape index (κ1) is 24.6. The lowest BCUT2D eigenvalue weighted by Gasteiger charge is -2.13. The number of carbonyl (C=O) groups excluding carboxylic acids is 1. The molecule has 0 atom stereocenters. The van der Waals surface area contributed by atoms with Crippen LogP contribution in [0.2, 0.25) is 5.02 Å². The number of nitrogens with one attached hydrogen (secondary N) is 1. The van der Waals surface area contributed by atoms with E-state index in [0.29, 0.717) is 32.5 Å². The monoisotopic (exact) mass is 491 g/mol. The molecule has 0 saturated carbocycles. The summed E-state index contributed by atoms with van der Waals surface area (Å²) in [4.78, 5) is 17.2. The number of aromatic nitrogens is 2. The molecule has 1 heterocycles. The number of hydrogen-bond donors (Lipinski definition) is 1. The SMILES string of the molecule is COc1ccc(CC(=O)NCCc2nc3ccccc3n2CCOc2cc(C)c(Cl)c(C)c2)cc1. The molecule has 182 valence electrons. The lowest BCUT2D eigenvalue weighted by Crippen LogP contribution is -2.28. The van der Waals surface area contributed by atoms with Gasteiger partial charge < -0.3 is 19.4 Å². The number of nitrogens with zero attached hydrogens (tertiary/aromatic N) is 2. The first-order valence-electron chi connectivity index (χ1n) is 11.7. The van der Waals surface area contributed by atoms with Crippen molar-refractivity contribution < 1.29 is 14.3 Å². The number of benzene rings is 3. The Hall–Kier alpha value is -3.51. The van der Waals surface area contributed by atoms with E-state index in [1.54, 1.807) is 7.11 Å². The Morgan fingerprint density at radius 1 is 1.03 bits per heavy atom. The van der Waals surface area contributed by atoms with Crippen LogP contribution in [0.4, 0.5) is 0 Å². The van der Waals surface area contributed by atoms with Crippen molar-refractivity contribution in [3.8, 4) is 11.5 Å². The second-order valence-corrected chi connectivity index (χ2v) is 8.89. The second kappa shape index (κ2) is 11.3. The molecule has 0 saturated heterocycles. The number of rotatable bonds is 10. The Morgan fingerprint density at radius 3 is 2.46 bits per heavy atom. The quantitative estimate of drug-likeness (QED) is 0.327. The Kier molecular flexibility index (Phi) is 7.93. The molecule has 4 rings (SSSR count). The number of halogens is 1. The summed E-state index contributed by atoms with van der Waals surface area (Å²) in [5, 5.41) is 3.78. The highest BCUT2D eigenvalue weighted by atomic mass is 35.5. The van der Waals surface area contributed by atoms with Crippen molar-refractivity contribution in [2.45, 2.75) is 33.2 Å². The highest BCUT2D eigenvalue weighted by Crippen LogP contribution is 2.26. The summed E-state index contributed by atoms with van der Waals surface area (Å²) >= 11 is 6.28. The van der Waals surface area contributed by atoms with Crippen LogP contribution in [0.15, 0.2) is 60.7 Å². The molecule has 0 aliphatic carbocycles. The molecule has 0 spiro atoms. The maximum atomic E-state index is 12.4. The zero-order valence-electron chi connectivity index (χ0n) is 20.3. The van der Waals surface area contributed by atoms with Crippen LogP contribution in [0, 0.1) is 13.8 Å². The van der Waals surface area contributed by atoms with Gasteiger partial charge in [0, 0.05) is 18.0 Å². The van der Waals surface area contributed by atoms with Crippen molar-refractivity contribution in [3.63, 3.8) is 0 Å². The van der Waals surface area contributed by atoms with Crippen LogP contribution in [0.25, 0.3) is 11.0 Å². The van der Waals surface area contributed by atoms with Gasteiger partial charge in [0.2, 0.25) is 5.91 Å². The predicted octanol–water partition coefficient (Wildman–Crippen LogP) is 5.30. The standard InChI is InChI=1S/C28H30ClN3O3/c1-19-16-23(17-20(2)28(19)29)35-15-14-32-25-7-5-4-6-24(25)31-26(32)12-13-30-27(33)18-21-8-10-22(34-3)11-9-21/h4-11,16-17H,12-15,18H2,1-3H3,(H,30,33). The van der Waals surface area contributed by atoms with E-state index in [0.717, 1.165) is 50.1 Å². The van der Waals surface area contributed by atoms with Crippen LogP contribution >= 0.6 is 11.6 Å². The molecular formula is C28H30ClN3O3. The predicted molar refractivity (Wildman–Crippen MR) is 140 cm³/mol. The van der Waals surface area contributed by atoms with E-state index < -0.39 is 0 Å². The summed E-state index contributed by atoms with van der Waals surface area (Å²) < 4.78 is 13.4. The van der Waals surface area contributed by atoms with Crippen molar-refractivity contribution >= 4 is 28.5 Å². The first-order chi connectivity index (χ1) is 16.9. The zero-order chi connectivity index (χ0) is 24.8. The molecular weight excluding hydrogens is 462 g/mol. The molecule has 7 heteroatoms. The third kappa shape index (κ3) is 6.14. The number of aryl methyl sites for hydroxylation is 2. The number of carbonyl (C=O) groups is 1.